The monoisotopic (exact) mass is 285 g/mol. The minimum absolute atomic E-state index is 0.578. The third-order valence-electron chi connectivity index (χ3n) is 5.24. The number of aromatic amines is 1. The van der Waals surface area contributed by atoms with E-state index in [1.165, 1.54) is 51.0 Å². The highest BCUT2D eigenvalue weighted by Gasteiger charge is 2.38. The van der Waals surface area contributed by atoms with Crippen molar-refractivity contribution in [3.05, 3.63) is 23.5 Å². The average Bonchev–Trinajstić information content (AvgIpc) is 3.05. The number of piperidine rings is 1. The first kappa shape index (κ1) is 13.2. The molecule has 0 saturated carbocycles. The molecule has 0 amide bonds. The molecule has 2 aliphatic rings. The van der Waals surface area contributed by atoms with Gasteiger partial charge in [0.05, 0.1) is 0 Å². The lowest BCUT2D eigenvalue weighted by Gasteiger charge is -2.33. The first-order valence-electron chi connectivity index (χ1n) is 7.97. The van der Waals surface area contributed by atoms with Crippen molar-refractivity contribution < 1.29 is 0 Å². The SMILES string of the molecule is Cc1[nH]nc2ncc(CN3CCC4(CCNCC4)C3)cc12. The second-order valence-corrected chi connectivity index (χ2v) is 6.77. The third kappa shape index (κ3) is 2.45. The van der Waals surface area contributed by atoms with Gasteiger partial charge in [0, 0.05) is 30.4 Å². The predicted octanol–water partition coefficient (Wildman–Crippen LogP) is 1.84. The third-order valence-corrected chi connectivity index (χ3v) is 5.24. The zero-order chi connectivity index (χ0) is 14.3. The first-order valence-corrected chi connectivity index (χ1v) is 7.97. The van der Waals surface area contributed by atoms with E-state index in [1.807, 2.05) is 6.20 Å². The Morgan fingerprint density at radius 2 is 2.14 bits per heavy atom. The lowest BCUT2D eigenvalue weighted by atomic mass is 9.78. The molecule has 1 spiro atoms. The van der Waals surface area contributed by atoms with Crippen LogP contribution in [-0.2, 0) is 6.54 Å². The Morgan fingerprint density at radius 3 is 3.00 bits per heavy atom. The van der Waals surface area contributed by atoms with Crippen molar-refractivity contribution >= 4 is 11.0 Å². The quantitative estimate of drug-likeness (QED) is 0.884. The molecule has 5 nitrogen and oxygen atoms in total. The van der Waals surface area contributed by atoms with Crippen LogP contribution in [0.25, 0.3) is 11.0 Å². The van der Waals surface area contributed by atoms with Gasteiger partial charge in [-0.2, -0.15) is 5.10 Å². The maximum Gasteiger partial charge on any atom is 0.181 e. The number of aromatic nitrogens is 3. The van der Waals surface area contributed by atoms with Crippen LogP contribution in [0, 0.1) is 12.3 Å². The number of nitrogens with zero attached hydrogens (tertiary/aromatic N) is 3. The van der Waals surface area contributed by atoms with E-state index in [-0.39, 0.29) is 0 Å². The number of rotatable bonds is 2. The predicted molar refractivity (Wildman–Crippen MR) is 83.1 cm³/mol. The first-order chi connectivity index (χ1) is 10.2. The molecule has 2 aromatic rings. The van der Waals surface area contributed by atoms with Gasteiger partial charge in [-0.15, -0.1) is 0 Å². The topological polar surface area (TPSA) is 56.8 Å². The summed E-state index contributed by atoms with van der Waals surface area (Å²) in [5.41, 5.74) is 3.81. The van der Waals surface area contributed by atoms with Crippen molar-refractivity contribution in [1.29, 1.82) is 0 Å². The smallest absolute Gasteiger partial charge is 0.181 e. The fourth-order valence-corrected chi connectivity index (χ4v) is 3.94. The zero-order valence-corrected chi connectivity index (χ0v) is 12.7. The number of aryl methyl sites for hydroxylation is 1. The Labute approximate surface area is 125 Å². The van der Waals surface area contributed by atoms with Gasteiger partial charge in [0.25, 0.3) is 0 Å². The number of H-pyrrole nitrogens is 1. The van der Waals surface area contributed by atoms with Gasteiger partial charge >= 0.3 is 0 Å². The van der Waals surface area contributed by atoms with Gasteiger partial charge in [-0.1, -0.05) is 0 Å². The lowest BCUT2D eigenvalue weighted by molar-refractivity contribution is 0.194. The fourth-order valence-electron chi connectivity index (χ4n) is 3.94. The number of pyridine rings is 1. The molecule has 0 aliphatic carbocycles. The standard InChI is InChI=1S/C16H23N5/c1-12-14-8-13(9-18-15(14)20-19-12)10-21-7-4-16(11-21)2-5-17-6-3-16/h8-9,17H,2-7,10-11H2,1H3,(H,18,19,20). The molecule has 0 bridgehead atoms. The Hall–Kier alpha value is -1.46. The number of hydrogen-bond donors (Lipinski definition) is 2. The summed E-state index contributed by atoms with van der Waals surface area (Å²) >= 11 is 0. The molecule has 2 aliphatic heterocycles. The van der Waals surface area contributed by atoms with Crippen LogP contribution in [-0.4, -0.2) is 46.3 Å². The number of nitrogens with one attached hydrogen (secondary N) is 2. The van der Waals surface area contributed by atoms with Crippen LogP contribution in [0.15, 0.2) is 12.3 Å². The van der Waals surface area contributed by atoms with Gasteiger partial charge in [-0.3, -0.25) is 10.00 Å². The molecule has 0 atom stereocenters. The maximum absolute atomic E-state index is 4.47. The molecule has 112 valence electrons. The van der Waals surface area contributed by atoms with Crippen molar-refractivity contribution in [1.82, 2.24) is 25.4 Å². The fraction of sp³-hybridized carbons (Fsp3) is 0.625. The highest BCUT2D eigenvalue weighted by Crippen LogP contribution is 2.39. The van der Waals surface area contributed by atoms with E-state index in [9.17, 15) is 0 Å². The average molecular weight is 285 g/mol. The summed E-state index contributed by atoms with van der Waals surface area (Å²) in [7, 11) is 0. The van der Waals surface area contributed by atoms with E-state index in [1.54, 1.807) is 0 Å². The number of likely N-dealkylation sites (tertiary alicyclic amines) is 1. The largest absolute Gasteiger partial charge is 0.317 e. The van der Waals surface area contributed by atoms with Gasteiger partial charge in [0.15, 0.2) is 5.65 Å². The van der Waals surface area contributed by atoms with E-state index in [2.05, 4.69) is 38.4 Å². The molecule has 4 heterocycles. The van der Waals surface area contributed by atoms with E-state index in [4.69, 9.17) is 0 Å². The molecule has 2 saturated heterocycles. The molecule has 5 heteroatoms. The van der Waals surface area contributed by atoms with E-state index in [0.29, 0.717) is 5.41 Å². The summed E-state index contributed by atoms with van der Waals surface area (Å²) in [6.45, 7) is 7.92. The van der Waals surface area contributed by atoms with Gasteiger partial charge in [0.2, 0.25) is 0 Å². The van der Waals surface area contributed by atoms with Crippen molar-refractivity contribution in [2.24, 2.45) is 5.41 Å². The van der Waals surface area contributed by atoms with Crippen LogP contribution in [0.3, 0.4) is 0 Å². The van der Waals surface area contributed by atoms with Crippen molar-refractivity contribution in [2.45, 2.75) is 32.7 Å². The Bertz CT molecular complexity index is 641. The molecular formula is C16H23N5. The number of fused-ring (bicyclic) bond motifs is 1. The van der Waals surface area contributed by atoms with Crippen LogP contribution in [0.2, 0.25) is 0 Å². The minimum atomic E-state index is 0.578. The van der Waals surface area contributed by atoms with Crippen LogP contribution in [0.4, 0.5) is 0 Å². The summed E-state index contributed by atoms with van der Waals surface area (Å²) in [6.07, 6.45) is 6.01. The Kier molecular flexibility index (Phi) is 3.19. The molecule has 0 unspecified atom stereocenters. The highest BCUT2D eigenvalue weighted by molar-refractivity contribution is 5.77. The molecular weight excluding hydrogens is 262 g/mol. The molecule has 0 aromatic carbocycles. The second-order valence-electron chi connectivity index (χ2n) is 6.77. The normalized spacial score (nSPS) is 22.3. The van der Waals surface area contributed by atoms with Gasteiger partial charge < -0.3 is 5.32 Å². The van der Waals surface area contributed by atoms with E-state index < -0.39 is 0 Å². The van der Waals surface area contributed by atoms with Crippen molar-refractivity contribution in [2.75, 3.05) is 26.2 Å². The van der Waals surface area contributed by atoms with Crippen LogP contribution >= 0.6 is 0 Å². The number of hydrogen-bond acceptors (Lipinski definition) is 4. The molecule has 2 fully saturated rings. The van der Waals surface area contributed by atoms with Crippen molar-refractivity contribution in [3.63, 3.8) is 0 Å². The minimum Gasteiger partial charge on any atom is -0.317 e. The highest BCUT2D eigenvalue weighted by atomic mass is 15.2. The van der Waals surface area contributed by atoms with Crippen LogP contribution in [0.1, 0.15) is 30.5 Å². The Balaban J connectivity index is 1.49. The Morgan fingerprint density at radius 1 is 1.29 bits per heavy atom. The van der Waals surface area contributed by atoms with Gasteiger partial charge in [-0.25, -0.2) is 4.98 Å². The molecule has 2 aromatic heterocycles. The summed E-state index contributed by atoms with van der Waals surface area (Å²) in [5.74, 6) is 0. The van der Waals surface area contributed by atoms with E-state index >= 15 is 0 Å². The zero-order valence-electron chi connectivity index (χ0n) is 12.7. The summed E-state index contributed by atoms with van der Waals surface area (Å²) in [6, 6.07) is 2.24. The molecule has 21 heavy (non-hydrogen) atoms. The molecule has 2 N–H and O–H groups in total. The molecule has 4 rings (SSSR count). The van der Waals surface area contributed by atoms with E-state index in [0.717, 1.165) is 23.3 Å². The summed E-state index contributed by atoms with van der Waals surface area (Å²) in [4.78, 5) is 7.07. The van der Waals surface area contributed by atoms with Gasteiger partial charge in [-0.05, 0) is 62.9 Å². The van der Waals surface area contributed by atoms with Crippen LogP contribution in [0.5, 0.6) is 0 Å². The van der Waals surface area contributed by atoms with Crippen molar-refractivity contribution in [3.8, 4) is 0 Å². The summed E-state index contributed by atoms with van der Waals surface area (Å²) < 4.78 is 0. The van der Waals surface area contributed by atoms with Crippen LogP contribution < -0.4 is 5.32 Å². The summed E-state index contributed by atoms with van der Waals surface area (Å²) in [5, 5.41) is 11.9. The molecule has 0 radical (unpaired) electrons. The lowest BCUT2D eigenvalue weighted by Crippen LogP contribution is -2.38. The second kappa shape index (κ2) is 5.07. The van der Waals surface area contributed by atoms with Gasteiger partial charge in [0.1, 0.15) is 0 Å². The maximum atomic E-state index is 4.47.